The molecule has 2 heteroatoms. The number of benzene rings is 4. The van der Waals surface area contributed by atoms with Crippen molar-refractivity contribution >= 4 is 13.3 Å². The van der Waals surface area contributed by atoms with Crippen LogP contribution in [0.1, 0.15) is 22.3 Å². The molecule has 1 aliphatic heterocycles. The first-order chi connectivity index (χ1) is 13.3. The van der Waals surface area contributed by atoms with Gasteiger partial charge in [-0.05, 0) is 33.8 Å². The second-order valence-electron chi connectivity index (χ2n) is 7.39. The van der Waals surface area contributed by atoms with Crippen molar-refractivity contribution in [2.75, 3.05) is 0 Å². The molecule has 0 unspecified atom stereocenters. The topological polar surface area (TPSA) is 9.23 Å². The third-order valence-electron chi connectivity index (χ3n) is 6.07. The molecule has 6 rings (SSSR count). The summed E-state index contributed by atoms with van der Waals surface area (Å²) in [4.78, 5) is 0. The zero-order valence-electron chi connectivity index (χ0n) is 15.1. The van der Waals surface area contributed by atoms with Crippen molar-refractivity contribution in [2.24, 2.45) is 0 Å². The maximum absolute atomic E-state index is 6.42. The summed E-state index contributed by atoms with van der Waals surface area (Å²) in [7, 11) is 2.13. The SMILES string of the molecule is Bc1cccc2c1Oc1ccccc1C21c2ccccc2-c2ccccc21. The summed E-state index contributed by atoms with van der Waals surface area (Å²) in [5.41, 5.74) is 8.61. The molecule has 2 aliphatic rings. The average molecular weight is 344 g/mol. The molecule has 1 spiro atoms. The van der Waals surface area contributed by atoms with E-state index in [1.54, 1.807) is 0 Å². The standard InChI is InChI=1S/C25H17BO/c26-22-14-7-13-21-24(22)27-23-15-6-5-12-20(23)25(21)18-10-3-1-8-16(18)17-9-2-4-11-19(17)25/h1-15H,26H2. The minimum atomic E-state index is -0.330. The van der Waals surface area contributed by atoms with E-state index < -0.39 is 0 Å². The molecule has 27 heavy (non-hydrogen) atoms. The Balaban J connectivity index is 1.87. The van der Waals surface area contributed by atoms with Crippen molar-refractivity contribution in [3.05, 3.63) is 113 Å². The zero-order valence-corrected chi connectivity index (χ0v) is 15.1. The third kappa shape index (κ3) is 1.71. The largest absolute Gasteiger partial charge is 0.457 e. The van der Waals surface area contributed by atoms with Gasteiger partial charge < -0.3 is 4.74 Å². The van der Waals surface area contributed by atoms with Crippen molar-refractivity contribution in [3.63, 3.8) is 0 Å². The van der Waals surface area contributed by atoms with Crippen LogP contribution in [0.25, 0.3) is 11.1 Å². The fraction of sp³-hybridized carbons (Fsp3) is 0.0400. The van der Waals surface area contributed by atoms with E-state index in [2.05, 4.69) is 98.8 Å². The zero-order chi connectivity index (χ0) is 18.0. The molecule has 0 bridgehead atoms. The van der Waals surface area contributed by atoms with Gasteiger partial charge in [0, 0.05) is 11.1 Å². The van der Waals surface area contributed by atoms with E-state index in [1.165, 1.54) is 38.8 Å². The Kier molecular flexibility index (Phi) is 2.83. The molecule has 4 aromatic rings. The van der Waals surface area contributed by atoms with Gasteiger partial charge in [-0.1, -0.05) is 84.9 Å². The van der Waals surface area contributed by atoms with Gasteiger partial charge in [0.25, 0.3) is 0 Å². The van der Waals surface area contributed by atoms with E-state index in [0.717, 1.165) is 11.5 Å². The number of hydrogen-bond donors (Lipinski definition) is 0. The highest BCUT2D eigenvalue weighted by molar-refractivity contribution is 6.34. The van der Waals surface area contributed by atoms with Gasteiger partial charge >= 0.3 is 0 Å². The first-order valence-corrected chi connectivity index (χ1v) is 9.38. The highest BCUT2D eigenvalue weighted by atomic mass is 16.5. The van der Waals surface area contributed by atoms with Gasteiger partial charge in [0.15, 0.2) is 0 Å². The first-order valence-electron chi connectivity index (χ1n) is 9.38. The summed E-state index contributed by atoms with van der Waals surface area (Å²) >= 11 is 0. The molecule has 0 radical (unpaired) electrons. The van der Waals surface area contributed by atoms with E-state index in [1.807, 2.05) is 0 Å². The Bertz CT molecular complexity index is 1180. The minimum absolute atomic E-state index is 0.330. The molecule has 0 amide bonds. The van der Waals surface area contributed by atoms with Crippen LogP contribution in [0.15, 0.2) is 91.0 Å². The third-order valence-corrected chi connectivity index (χ3v) is 6.07. The van der Waals surface area contributed by atoms with E-state index in [9.17, 15) is 0 Å². The molecule has 1 aliphatic carbocycles. The van der Waals surface area contributed by atoms with Crippen LogP contribution in [-0.2, 0) is 5.41 Å². The number of rotatable bonds is 0. The lowest BCUT2D eigenvalue weighted by molar-refractivity contribution is 0.440. The summed E-state index contributed by atoms with van der Waals surface area (Å²) in [5, 5.41) is 0. The summed E-state index contributed by atoms with van der Waals surface area (Å²) in [6.45, 7) is 0. The van der Waals surface area contributed by atoms with Crippen LogP contribution < -0.4 is 10.2 Å². The van der Waals surface area contributed by atoms with Gasteiger partial charge in [0.1, 0.15) is 19.3 Å². The van der Waals surface area contributed by atoms with Crippen LogP contribution in [0.3, 0.4) is 0 Å². The molecular weight excluding hydrogens is 327 g/mol. The number of fused-ring (bicyclic) bond motifs is 9. The van der Waals surface area contributed by atoms with Gasteiger partial charge in [-0.2, -0.15) is 0 Å². The van der Waals surface area contributed by atoms with Gasteiger partial charge in [0.05, 0.1) is 5.41 Å². The van der Waals surface area contributed by atoms with Crippen LogP contribution in [0.2, 0.25) is 0 Å². The lowest BCUT2D eigenvalue weighted by atomic mass is 9.65. The summed E-state index contributed by atoms with van der Waals surface area (Å²) in [6.07, 6.45) is 0. The Morgan fingerprint density at radius 1 is 0.556 bits per heavy atom. The molecule has 1 nitrogen and oxygen atoms in total. The maximum atomic E-state index is 6.42. The monoisotopic (exact) mass is 344 g/mol. The molecule has 0 N–H and O–H groups in total. The predicted octanol–water partition coefficient (Wildman–Crippen LogP) is 4.41. The van der Waals surface area contributed by atoms with Crippen molar-refractivity contribution in [2.45, 2.75) is 5.41 Å². The fourth-order valence-electron chi connectivity index (χ4n) is 5.02. The lowest BCUT2D eigenvalue weighted by Gasteiger charge is -2.40. The number of para-hydroxylation sites is 2. The Hall–Kier alpha value is -3.26. The maximum Gasteiger partial charge on any atom is 0.144 e. The van der Waals surface area contributed by atoms with Gasteiger partial charge in [-0.3, -0.25) is 0 Å². The molecule has 4 aromatic carbocycles. The number of hydrogen-bond acceptors (Lipinski definition) is 1. The quantitative estimate of drug-likeness (QED) is 0.371. The Morgan fingerprint density at radius 2 is 1.11 bits per heavy atom. The molecule has 126 valence electrons. The van der Waals surface area contributed by atoms with Crippen LogP contribution in [0, 0.1) is 0 Å². The van der Waals surface area contributed by atoms with Crippen LogP contribution in [0.4, 0.5) is 0 Å². The van der Waals surface area contributed by atoms with E-state index >= 15 is 0 Å². The molecule has 0 aromatic heterocycles. The number of ether oxygens (including phenoxy) is 1. The van der Waals surface area contributed by atoms with E-state index in [4.69, 9.17) is 4.74 Å². The van der Waals surface area contributed by atoms with E-state index in [-0.39, 0.29) is 5.41 Å². The molecule has 0 fully saturated rings. The van der Waals surface area contributed by atoms with Crippen molar-refractivity contribution < 1.29 is 4.74 Å². The Labute approximate surface area is 159 Å². The average Bonchev–Trinajstić information content (AvgIpc) is 3.01. The van der Waals surface area contributed by atoms with Gasteiger partial charge in [0.2, 0.25) is 0 Å². The second kappa shape index (κ2) is 5.14. The lowest BCUT2D eigenvalue weighted by Crippen LogP contribution is -2.34. The van der Waals surface area contributed by atoms with Gasteiger partial charge in [-0.15, -0.1) is 0 Å². The van der Waals surface area contributed by atoms with Crippen LogP contribution in [-0.4, -0.2) is 7.85 Å². The highest BCUT2D eigenvalue weighted by Crippen LogP contribution is 2.61. The molecule has 0 saturated heterocycles. The van der Waals surface area contributed by atoms with Crippen LogP contribution in [0.5, 0.6) is 11.5 Å². The molecule has 0 saturated carbocycles. The second-order valence-corrected chi connectivity index (χ2v) is 7.39. The molecule has 1 heterocycles. The normalized spacial score (nSPS) is 14.7. The molecular formula is C25H17BO. The summed E-state index contributed by atoms with van der Waals surface area (Å²) < 4.78 is 6.42. The fourth-order valence-corrected chi connectivity index (χ4v) is 5.02. The molecule has 0 atom stereocenters. The van der Waals surface area contributed by atoms with E-state index in [0.29, 0.717) is 0 Å². The first kappa shape index (κ1) is 14.9. The smallest absolute Gasteiger partial charge is 0.144 e. The summed E-state index contributed by atoms with van der Waals surface area (Å²) in [5.74, 6) is 1.94. The van der Waals surface area contributed by atoms with Crippen molar-refractivity contribution in [1.82, 2.24) is 0 Å². The van der Waals surface area contributed by atoms with Crippen molar-refractivity contribution in [1.29, 1.82) is 0 Å². The predicted molar refractivity (Wildman–Crippen MR) is 112 cm³/mol. The minimum Gasteiger partial charge on any atom is -0.457 e. The highest BCUT2D eigenvalue weighted by Gasteiger charge is 2.50. The van der Waals surface area contributed by atoms with Crippen LogP contribution >= 0.6 is 0 Å². The van der Waals surface area contributed by atoms with Gasteiger partial charge in [-0.25, -0.2) is 0 Å². The summed E-state index contributed by atoms with van der Waals surface area (Å²) in [6, 6.07) is 32.6. The van der Waals surface area contributed by atoms with Crippen molar-refractivity contribution in [3.8, 4) is 22.6 Å². The Morgan fingerprint density at radius 3 is 1.81 bits per heavy atom.